The number of ether oxygens (including phenoxy) is 2. The molecule has 0 amide bonds. The van der Waals surface area contributed by atoms with E-state index in [4.69, 9.17) is 19.5 Å². The fourth-order valence-electron chi connectivity index (χ4n) is 14.7. The zero-order valence-corrected chi connectivity index (χ0v) is 65.4. The Labute approximate surface area is 679 Å². The molecule has 0 aliphatic heterocycles. The van der Waals surface area contributed by atoms with Gasteiger partial charge in [0.15, 0.2) is 37.4 Å². The molecule has 6 saturated carbocycles. The van der Waals surface area contributed by atoms with Gasteiger partial charge in [0.2, 0.25) is 0 Å². The van der Waals surface area contributed by atoms with Crippen LogP contribution in [0.25, 0.3) is 0 Å². The summed E-state index contributed by atoms with van der Waals surface area (Å²) in [7, 11) is -4.61. The standard InChI is InChI=1S/C42H39O5P.C22H22O4.C18H13F2OP.CH2O3.2K.H/c1-30-8-20-37(21-9-30)48(45,36-6-4-3-5-7-36)38-22-18-35(19-23-38)47-34-16-12-32(13-17-34)40(44)42-27-24-41(25-28-42,26-29-42)39(43)31-10-14-33(46-2)15-11-31;23-17-5-1-15(2-6-17)19(25)21-9-12-22(13-10-21,14-11-21)20(26)16-3-7-18(24)8-4-16;19-14-6-10-17(11-7-14)22(21,16-4-2-1-3-5-16)18-12-8-15(20)9-13-18;2-1-4-3;;;/h3-23H,24-29H2,1-2H3;1-8,23-24H,9-14H2;1-13H;1,3H;;;/q;;;;2*+1;-1/p-1. The number of benzene rings is 10. The van der Waals surface area contributed by atoms with Crippen molar-refractivity contribution in [2.45, 2.75) is 84.0 Å². The summed E-state index contributed by atoms with van der Waals surface area (Å²) in [6, 6.07) is 72.9. The van der Waals surface area contributed by atoms with E-state index in [0.29, 0.717) is 44.1 Å². The van der Waals surface area contributed by atoms with E-state index in [1.807, 2.05) is 140 Å². The number of rotatable bonds is 18. The van der Waals surface area contributed by atoms with E-state index < -0.39 is 19.7 Å². The number of Topliss-reactive ketones (excluding diaryl/α,β-unsaturated/α-hetero) is 4. The van der Waals surface area contributed by atoms with Gasteiger partial charge in [-0.3, -0.25) is 24.0 Å². The van der Waals surface area contributed by atoms with E-state index in [2.05, 4.69) is 4.89 Å². The maximum absolute atomic E-state index is 14.7. The number of hydrogen-bond acceptors (Lipinski definition) is 13. The van der Waals surface area contributed by atoms with E-state index in [1.165, 1.54) is 48.5 Å². The molecule has 0 aromatic heterocycles. The van der Waals surface area contributed by atoms with Crippen LogP contribution in [0.5, 0.6) is 28.7 Å². The topological polar surface area (TPSA) is 211 Å². The Bertz CT molecular complexity index is 4460. The summed E-state index contributed by atoms with van der Waals surface area (Å²) in [5.41, 5.74) is 2.27. The fraction of sp³-hybridized carbons (Fsp3) is 0.217. The number of aromatic hydroxyl groups is 2. The molecule has 6 fully saturated rings. The van der Waals surface area contributed by atoms with Gasteiger partial charge in [-0.05, 0) is 254 Å². The second-order valence-corrected chi connectivity index (χ2v) is 31.8. The average molecular weight is 1460 g/mol. The molecule has 512 valence electrons. The van der Waals surface area contributed by atoms with Crippen molar-refractivity contribution in [1.29, 1.82) is 0 Å². The Morgan fingerprint density at radius 3 is 0.873 bits per heavy atom. The largest absolute Gasteiger partial charge is 1.00 e. The summed E-state index contributed by atoms with van der Waals surface area (Å²) in [5, 5.41) is 31.3. The van der Waals surface area contributed by atoms with Crippen LogP contribution < -0.4 is 149 Å². The van der Waals surface area contributed by atoms with Crippen LogP contribution in [0.4, 0.5) is 8.78 Å². The van der Waals surface area contributed by atoms with Crippen LogP contribution in [0.1, 0.15) is 125 Å². The molecule has 13 nitrogen and oxygen atoms in total. The first-order valence-corrected chi connectivity index (χ1v) is 36.6. The number of ketones is 4. The average Bonchev–Trinajstić information content (AvgIpc) is 0.730. The monoisotopic (exact) mass is 1460 g/mol. The first kappa shape index (κ1) is 79.2. The van der Waals surface area contributed by atoms with Crippen LogP contribution in [-0.2, 0) is 18.8 Å². The number of hydrogen-bond donors (Lipinski definition) is 2. The third kappa shape index (κ3) is 17.2. The summed E-state index contributed by atoms with van der Waals surface area (Å²) < 4.78 is 66.3. The van der Waals surface area contributed by atoms with Gasteiger partial charge in [0.25, 0.3) is 6.47 Å². The second kappa shape index (κ2) is 34.8. The first-order valence-electron chi connectivity index (χ1n) is 33.1. The summed E-state index contributed by atoms with van der Waals surface area (Å²) in [5.74, 6) is 2.16. The summed E-state index contributed by atoms with van der Waals surface area (Å²) in [6.45, 7) is 1.84. The molecule has 4 bridgehead atoms. The van der Waals surface area contributed by atoms with E-state index in [0.717, 1.165) is 110 Å². The van der Waals surface area contributed by atoms with E-state index in [1.54, 1.807) is 79.9 Å². The number of phenolic OH excluding ortho intramolecular Hbond substituents is 2. The van der Waals surface area contributed by atoms with Gasteiger partial charge in [-0.2, -0.15) is 0 Å². The Kier molecular flexibility index (Phi) is 27.0. The Morgan fingerprint density at radius 1 is 0.382 bits per heavy atom. The SMILES string of the molecule is COc1ccc(C(=O)C23CCC(C(=O)c4ccc(Oc5ccc(P(=O)(c6ccccc6)c6ccc(C)cc6)cc5)cc4)(CC2)CC3)cc1.O=C(c1ccc(O)cc1)C12CCC(C(=O)c3ccc(O)cc3)(CC1)CC2.O=CO[O-].O=P(c1ccccc1)(c1ccc(F)cc1)c1ccc(F)cc1.[H-].[K+].[K+]. The van der Waals surface area contributed by atoms with Crippen molar-refractivity contribution < 1.29 is 176 Å². The smallest absolute Gasteiger partial charge is 1.00 e. The zero-order valence-electron chi connectivity index (χ0n) is 58.3. The molecule has 0 radical (unpaired) electrons. The van der Waals surface area contributed by atoms with Crippen molar-refractivity contribution in [3.8, 4) is 28.7 Å². The fourth-order valence-corrected chi connectivity index (χ4v) is 19.9. The van der Waals surface area contributed by atoms with Crippen molar-refractivity contribution >= 4 is 75.7 Å². The Balaban J connectivity index is 0.000000206. The zero-order chi connectivity index (χ0) is 70.7. The van der Waals surface area contributed by atoms with Crippen LogP contribution in [-0.4, -0.2) is 46.9 Å². The number of aryl methyl sites for hydroxylation is 1. The summed E-state index contributed by atoms with van der Waals surface area (Å²) in [6.07, 6.45) is 8.80. The van der Waals surface area contributed by atoms with Gasteiger partial charge in [-0.15, -0.1) is 0 Å². The first-order chi connectivity index (χ1) is 48.2. The van der Waals surface area contributed by atoms with E-state index in [9.17, 15) is 47.3 Å². The number of carbonyl (C=O) groups excluding carboxylic acids is 5. The van der Waals surface area contributed by atoms with Crippen LogP contribution in [0.2, 0.25) is 0 Å². The van der Waals surface area contributed by atoms with E-state index >= 15 is 0 Å². The van der Waals surface area contributed by atoms with Crippen molar-refractivity contribution in [2.75, 3.05) is 7.11 Å². The van der Waals surface area contributed by atoms with Gasteiger partial charge in [0.1, 0.15) is 40.4 Å². The normalized spacial score (nSPS) is 19.6. The summed E-state index contributed by atoms with van der Waals surface area (Å²) in [4.78, 5) is 64.8. The molecule has 10 aromatic rings. The quantitative estimate of drug-likeness (QED) is 0.0205. The molecule has 102 heavy (non-hydrogen) atoms. The number of carbonyl (C=O) groups is 5. The maximum Gasteiger partial charge on any atom is 1.00 e. The van der Waals surface area contributed by atoms with Gasteiger partial charge in [0, 0.05) is 75.7 Å². The molecular weight excluding hydrogens is 1380 g/mol. The molecule has 19 heteroatoms. The van der Waals surface area contributed by atoms with Crippen molar-refractivity contribution in [2.24, 2.45) is 21.7 Å². The van der Waals surface area contributed by atoms with Gasteiger partial charge < -0.3 is 40.4 Å². The number of methoxy groups -OCH3 is 1. The Hall–Kier alpha value is -6.90. The van der Waals surface area contributed by atoms with Crippen molar-refractivity contribution in [1.82, 2.24) is 0 Å². The number of phenols is 2. The number of halogens is 2. The van der Waals surface area contributed by atoms with Gasteiger partial charge in [-0.25, -0.2) is 8.78 Å². The maximum atomic E-state index is 14.7. The third-order valence-corrected chi connectivity index (χ3v) is 26.8. The van der Waals surface area contributed by atoms with Gasteiger partial charge in [0.05, 0.1) is 7.11 Å². The molecule has 2 N–H and O–H groups in total. The van der Waals surface area contributed by atoms with Gasteiger partial charge >= 0.3 is 103 Å². The minimum Gasteiger partial charge on any atom is -1.00 e. The van der Waals surface area contributed by atoms with Crippen molar-refractivity contribution in [3.63, 3.8) is 0 Å². The van der Waals surface area contributed by atoms with Crippen LogP contribution in [0, 0.1) is 40.2 Å². The predicted molar refractivity (Wildman–Crippen MR) is 383 cm³/mol. The van der Waals surface area contributed by atoms with Crippen LogP contribution in [0.3, 0.4) is 0 Å². The third-order valence-electron chi connectivity index (χ3n) is 20.6. The molecule has 16 rings (SSSR count). The van der Waals surface area contributed by atoms with Crippen LogP contribution >= 0.6 is 14.3 Å². The predicted octanol–water partition coefficient (Wildman–Crippen LogP) is 9.50. The molecule has 1 unspecified atom stereocenters. The molecule has 0 saturated heterocycles. The minimum atomic E-state index is -3.15. The molecule has 1 atom stereocenters. The molecule has 6 aliphatic carbocycles. The van der Waals surface area contributed by atoms with Crippen molar-refractivity contribution in [3.05, 3.63) is 294 Å². The molecule has 0 spiro atoms. The van der Waals surface area contributed by atoms with E-state index in [-0.39, 0.29) is 173 Å². The molecule has 10 aromatic carbocycles. The Morgan fingerprint density at radius 2 is 0.608 bits per heavy atom. The summed E-state index contributed by atoms with van der Waals surface area (Å²) >= 11 is 0. The molecule has 6 aliphatic rings. The minimum absolute atomic E-state index is 0. The molecule has 0 heterocycles. The number of fused-ring (bicyclic) bond motifs is 6. The molecular formula is C83H76F2K2O13P2. The second-order valence-electron chi connectivity index (χ2n) is 26.3. The van der Waals surface area contributed by atoms with Crippen LogP contribution in [0.15, 0.2) is 255 Å². The van der Waals surface area contributed by atoms with Gasteiger partial charge in [-0.1, -0.05) is 90.5 Å².